The fraction of sp³-hybridized carbons (Fsp3) is 0.286. The Morgan fingerprint density at radius 1 is 0.897 bits per heavy atom. The summed E-state index contributed by atoms with van der Waals surface area (Å²) in [6.45, 7) is 6.48. The number of carbonyl (C=O) groups excluding carboxylic acids is 2. The molecule has 39 heavy (non-hydrogen) atoms. The maximum absolute atomic E-state index is 13.9. The van der Waals surface area contributed by atoms with Crippen LogP contribution in [0.4, 0.5) is 5.69 Å². The van der Waals surface area contributed by atoms with Crippen LogP contribution >= 0.6 is 34.8 Å². The summed E-state index contributed by atoms with van der Waals surface area (Å²) in [5.41, 5.74) is 1.72. The predicted molar refractivity (Wildman–Crippen MR) is 157 cm³/mol. The molecule has 0 saturated heterocycles. The highest BCUT2D eigenvalue weighted by Gasteiger charge is 2.32. The summed E-state index contributed by atoms with van der Waals surface area (Å²) in [5, 5.41) is 3.76. The van der Waals surface area contributed by atoms with E-state index in [-0.39, 0.29) is 29.1 Å². The van der Waals surface area contributed by atoms with Crippen molar-refractivity contribution in [3.63, 3.8) is 0 Å². The number of nitrogens with zero attached hydrogens (tertiary/aromatic N) is 2. The lowest BCUT2D eigenvalue weighted by atomic mass is 10.1. The summed E-state index contributed by atoms with van der Waals surface area (Å²) < 4.78 is 28.6. The van der Waals surface area contributed by atoms with E-state index in [9.17, 15) is 18.0 Å². The third-order valence-electron chi connectivity index (χ3n) is 5.92. The summed E-state index contributed by atoms with van der Waals surface area (Å²) in [7, 11) is -4.18. The van der Waals surface area contributed by atoms with Gasteiger partial charge in [0.15, 0.2) is 0 Å². The number of nitrogens with one attached hydrogen (secondary N) is 1. The third-order valence-corrected chi connectivity index (χ3v) is 8.68. The van der Waals surface area contributed by atoms with E-state index in [1.807, 2.05) is 20.8 Å². The van der Waals surface area contributed by atoms with Gasteiger partial charge in [-0.25, -0.2) is 8.42 Å². The van der Waals surface area contributed by atoms with Crippen LogP contribution in [-0.4, -0.2) is 43.8 Å². The Morgan fingerprint density at radius 2 is 1.56 bits per heavy atom. The number of amides is 2. The van der Waals surface area contributed by atoms with Gasteiger partial charge in [0.25, 0.3) is 10.0 Å². The molecule has 0 aliphatic carbocycles. The molecule has 3 rings (SSSR count). The van der Waals surface area contributed by atoms with Gasteiger partial charge in [-0.3, -0.25) is 13.9 Å². The molecule has 0 radical (unpaired) electrons. The first kappa shape index (κ1) is 30.8. The van der Waals surface area contributed by atoms with E-state index in [4.69, 9.17) is 34.8 Å². The van der Waals surface area contributed by atoms with E-state index in [2.05, 4.69) is 5.32 Å². The lowest BCUT2D eigenvalue weighted by Crippen LogP contribution is -2.52. The van der Waals surface area contributed by atoms with E-state index >= 15 is 0 Å². The first-order valence-corrected chi connectivity index (χ1v) is 14.8. The summed E-state index contributed by atoms with van der Waals surface area (Å²) in [4.78, 5) is 28.2. The number of hydrogen-bond acceptors (Lipinski definition) is 4. The van der Waals surface area contributed by atoms with Crippen LogP contribution in [0.1, 0.15) is 31.9 Å². The lowest BCUT2D eigenvalue weighted by Gasteiger charge is -2.32. The zero-order valence-electron chi connectivity index (χ0n) is 22.0. The molecule has 0 aliphatic heterocycles. The quantitative estimate of drug-likeness (QED) is 0.301. The van der Waals surface area contributed by atoms with Gasteiger partial charge < -0.3 is 10.2 Å². The van der Waals surface area contributed by atoms with Crippen molar-refractivity contribution in [2.24, 2.45) is 0 Å². The molecule has 2 amide bonds. The van der Waals surface area contributed by atoms with Crippen molar-refractivity contribution >= 4 is 62.3 Å². The minimum absolute atomic E-state index is 0.00360. The smallest absolute Gasteiger partial charge is 0.264 e. The molecule has 0 saturated carbocycles. The number of anilines is 1. The molecule has 0 aromatic heterocycles. The number of benzene rings is 3. The molecular weight excluding hydrogens is 581 g/mol. The summed E-state index contributed by atoms with van der Waals surface area (Å²) in [6.07, 6.45) is 0. The molecule has 0 fully saturated rings. The number of rotatable bonds is 10. The Bertz CT molecular complexity index is 1450. The highest BCUT2D eigenvalue weighted by atomic mass is 35.5. The van der Waals surface area contributed by atoms with Gasteiger partial charge in [-0.2, -0.15) is 0 Å². The Hall–Kier alpha value is -2.78. The van der Waals surface area contributed by atoms with Crippen molar-refractivity contribution in [1.82, 2.24) is 10.2 Å². The highest BCUT2D eigenvalue weighted by Crippen LogP contribution is 2.28. The van der Waals surface area contributed by atoms with Crippen LogP contribution in [0.25, 0.3) is 0 Å². The van der Waals surface area contributed by atoms with Gasteiger partial charge in [0.05, 0.1) is 20.6 Å². The predicted octanol–water partition coefficient (Wildman–Crippen LogP) is 6.09. The van der Waals surface area contributed by atoms with Crippen molar-refractivity contribution in [2.75, 3.05) is 10.8 Å². The van der Waals surface area contributed by atoms with Crippen molar-refractivity contribution in [1.29, 1.82) is 0 Å². The highest BCUT2D eigenvalue weighted by molar-refractivity contribution is 7.92. The molecule has 0 heterocycles. The maximum atomic E-state index is 13.9. The van der Waals surface area contributed by atoms with Crippen molar-refractivity contribution in [3.8, 4) is 0 Å². The minimum Gasteiger partial charge on any atom is -0.352 e. The van der Waals surface area contributed by atoms with Gasteiger partial charge in [0, 0.05) is 17.6 Å². The van der Waals surface area contributed by atoms with Gasteiger partial charge in [0.1, 0.15) is 12.6 Å². The van der Waals surface area contributed by atoms with Crippen LogP contribution in [0.2, 0.25) is 15.1 Å². The van der Waals surface area contributed by atoms with E-state index in [1.165, 1.54) is 23.1 Å². The summed E-state index contributed by atoms with van der Waals surface area (Å²) >= 11 is 18.4. The topological polar surface area (TPSA) is 86.8 Å². The van der Waals surface area contributed by atoms with Crippen molar-refractivity contribution < 1.29 is 18.0 Å². The molecule has 0 spiro atoms. The first-order valence-electron chi connectivity index (χ1n) is 12.2. The van der Waals surface area contributed by atoms with Gasteiger partial charge in [0.2, 0.25) is 11.8 Å². The largest absolute Gasteiger partial charge is 0.352 e. The van der Waals surface area contributed by atoms with Crippen LogP contribution in [0.3, 0.4) is 0 Å². The van der Waals surface area contributed by atoms with E-state index < -0.39 is 28.5 Å². The van der Waals surface area contributed by atoms with Crippen molar-refractivity contribution in [3.05, 3.63) is 92.9 Å². The average molecular weight is 611 g/mol. The fourth-order valence-corrected chi connectivity index (χ4v) is 5.73. The van der Waals surface area contributed by atoms with Crippen LogP contribution in [0.5, 0.6) is 0 Å². The van der Waals surface area contributed by atoms with E-state index in [0.717, 1.165) is 9.87 Å². The van der Waals surface area contributed by atoms with Gasteiger partial charge in [-0.15, -0.1) is 0 Å². The number of sulfonamides is 1. The van der Waals surface area contributed by atoms with Crippen LogP contribution in [0, 0.1) is 6.92 Å². The Labute approximate surface area is 244 Å². The Morgan fingerprint density at radius 3 is 2.15 bits per heavy atom. The Kier molecular flexibility index (Phi) is 10.3. The monoisotopic (exact) mass is 609 g/mol. The van der Waals surface area contributed by atoms with E-state index in [1.54, 1.807) is 55.5 Å². The van der Waals surface area contributed by atoms with Crippen LogP contribution < -0.4 is 9.62 Å². The number of carbonyl (C=O) groups is 2. The van der Waals surface area contributed by atoms with E-state index in [0.29, 0.717) is 20.6 Å². The maximum Gasteiger partial charge on any atom is 0.264 e. The molecular formula is C28H30Cl3N3O4S. The molecule has 208 valence electrons. The average Bonchev–Trinajstić information content (AvgIpc) is 2.87. The van der Waals surface area contributed by atoms with Crippen LogP contribution in [0.15, 0.2) is 71.6 Å². The van der Waals surface area contributed by atoms with Gasteiger partial charge >= 0.3 is 0 Å². The molecule has 0 bridgehead atoms. The standard InChI is InChI=1S/C28H30Cl3N3O4S/c1-18(2)32-28(36)20(4)33(16-21-10-13-25(30)26(31)14-21)27(35)17-34(23-7-5-6-22(29)15-23)39(37,38)24-11-8-19(3)9-12-24/h5-15,18,20H,16-17H2,1-4H3,(H,32,36). The summed E-state index contributed by atoms with van der Waals surface area (Å²) in [5.74, 6) is -0.975. The molecule has 1 N–H and O–H groups in total. The number of hydrogen-bond donors (Lipinski definition) is 1. The first-order chi connectivity index (χ1) is 18.3. The van der Waals surface area contributed by atoms with Gasteiger partial charge in [-0.1, -0.05) is 64.6 Å². The second-order valence-corrected chi connectivity index (χ2v) is 12.5. The zero-order valence-corrected chi connectivity index (χ0v) is 25.1. The number of aryl methyl sites for hydroxylation is 1. The second-order valence-electron chi connectivity index (χ2n) is 9.41. The molecule has 0 aliphatic rings. The SMILES string of the molecule is Cc1ccc(S(=O)(=O)N(CC(=O)N(Cc2ccc(Cl)c(Cl)c2)C(C)C(=O)NC(C)C)c2cccc(Cl)c2)cc1. The lowest BCUT2D eigenvalue weighted by molar-refractivity contribution is -0.139. The molecule has 1 atom stereocenters. The molecule has 3 aromatic rings. The minimum atomic E-state index is -4.18. The third kappa shape index (κ3) is 7.88. The Balaban J connectivity index is 2.04. The molecule has 11 heteroatoms. The van der Waals surface area contributed by atoms with Gasteiger partial charge in [-0.05, 0) is 75.7 Å². The van der Waals surface area contributed by atoms with Crippen molar-refractivity contribution in [2.45, 2.75) is 51.2 Å². The zero-order chi connectivity index (χ0) is 28.9. The molecule has 7 nitrogen and oxygen atoms in total. The number of halogens is 3. The normalized spacial score (nSPS) is 12.2. The summed E-state index contributed by atoms with van der Waals surface area (Å²) in [6, 6.07) is 16.4. The second kappa shape index (κ2) is 13.0. The molecule has 1 unspecified atom stereocenters. The fourth-order valence-electron chi connectivity index (χ4n) is 3.82. The molecule has 3 aromatic carbocycles. The van der Waals surface area contributed by atoms with Crippen LogP contribution in [-0.2, 0) is 26.2 Å².